The molecule has 5 nitrogen and oxygen atoms in total. The third-order valence-electron chi connectivity index (χ3n) is 2.74. The SMILES string of the molecule is CNCCCC(=O)Nc1cc2c(cc1Cl)OCCO2. The quantitative estimate of drug-likeness (QED) is 0.813. The molecule has 0 unspecified atom stereocenters. The van der Waals surface area contributed by atoms with Crippen molar-refractivity contribution < 1.29 is 14.3 Å². The average molecular weight is 285 g/mol. The van der Waals surface area contributed by atoms with Crippen LogP contribution in [0.4, 0.5) is 5.69 Å². The van der Waals surface area contributed by atoms with Gasteiger partial charge in [-0.25, -0.2) is 0 Å². The molecule has 1 aromatic carbocycles. The summed E-state index contributed by atoms with van der Waals surface area (Å²) in [5.41, 5.74) is 0.556. The van der Waals surface area contributed by atoms with Gasteiger partial charge in [0.05, 0.1) is 10.7 Å². The first kappa shape index (κ1) is 14.0. The van der Waals surface area contributed by atoms with Gasteiger partial charge in [-0.1, -0.05) is 11.6 Å². The molecule has 1 amide bonds. The normalized spacial score (nSPS) is 13.2. The standard InChI is InChI=1S/C13H17ClN2O3/c1-15-4-2-3-13(17)16-10-8-12-11(7-9(10)14)18-5-6-19-12/h7-8,15H,2-6H2,1H3,(H,16,17). The van der Waals surface area contributed by atoms with Crippen LogP contribution in [0.25, 0.3) is 0 Å². The van der Waals surface area contributed by atoms with Crippen molar-refractivity contribution >= 4 is 23.2 Å². The summed E-state index contributed by atoms with van der Waals surface area (Å²) in [7, 11) is 1.86. The van der Waals surface area contributed by atoms with Gasteiger partial charge in [0.15, 0.2) is 11.5 Å². The molecule has 0 saturated carbocycles. The van der Waals surface area contributed by atoms with Crippen molar-refractivity contribution in [2.75, 3.05) is 32.1 Å². The number of halogens is 1. The number of hydrogen-bond acceptors (Lipinski definition) is 4. The lowest BCUT2D eigenvalue weighted by Crippen LogP contribution is -2.17. The highest BCUT2D eigenvalue weighted by molar-refractivity contribution is 6.34. The Hall–Kier alpha value is -1.46. The van der Waals surface area contributed by atoms with Gasteiger partial charge in [0.1, 0.15) is 13.2 Å². The summed E-state index contributed by atoms with van der Waals surface area (Å²) < 4.78 is 10.9. The van der Waals surface area contributed by atoms with E-state index in [0.717, 1.165) is 13.0 Å². The third kappa shape index (κ3) is 3.75. The maximum Gasteiger partial charge on any atom is 0.224 e. The topological polar surface area (TPSA) is 59.6 Å². The second-order valence-corrected chi connectivity index (χ2v) is 4.64. The molecule has 1 heterocycles. The van der Waals surface area contributed by atoms with Crippen LogP contribution < -0.4 is 20.1 Å². The molecular weight excluding hydrogens is 268 g/mol. The van der Waals surface area contributed by atoms with E-state index in [1.54, 1.807) is 12.1 Å². The van der Waals surface area contributed by atoms with Gasteiger partial charge in [-0.05, 0) is 20.0 Å². The lowest BCUT2D eigenvalue weighted by atomic mass is 10.2. The van der Waals surface area contributed by atoms with E-state index in [0.29, 0.717) is 41.8 Å². The van der Waals surface area contributed by atoms with Crippen LogP contribution in [-0.4, -0.2) is 32.7 Å². The molecule has 0 radical (unpaired) electrons. The van der Waals surface area contributed by atoms with Crippen molar-refractivity contribution in [1.29, 1.82) is 0 Å². The lowest BCUT2D eigenvalue weighted by molar-refractivity contribution is -0.116. The van der Waals surface area contributed by atoms with E-state index in [-0.39, 0.29) is 5.91 Å². The first-order valence-corrected chi connectivity index (χ1v) is 6.62. The fourth-order valence-electron chi connectivity index (χ4n) is 1.80. The highest BCUT2D eigenvalue weighted by Crippen LogP contribution is 2.37. The lowest BCUT2D eigenvalue weighted by Gasteiger charge is -2.20. The molecule has 0 atom stereocenters. The van der Waals surface area contributed by atoms with Crippen molar-refractivity contribution in [3.63, 3.8) is 0 Å². The first-order chi connectivity index (χ1) is 9.20. The molecule has 0 bridgehead atoms. The summed E-state index contributed by atoms with van der Waals surface area (Å²) in [6, 6.07) is 3.37. The fraction of sp³-hybridized carbons (Fsp3) is 0.462. The molecule has 2 rings (SSSR count). The molecule has 19 heavy (non-hydrogen) atoms. The van der Waals surface area contributed by atoms with E-state index in [9.17, 15) is 4.79 Å². The Morgan fingerprint density at radius 1 is 1.32 bits per heavy atom. The van der Waals surface area contributed by atoms with Crippen molar-refractivity contribution in [2.24, 2.45) is 0 Å². The zero-order chi connectivity index (χ0) is 13.7. The van der Waals surface area contributed by atoms with Crippen molar-refractivity contribution in [3.8, 4) is 11.5 Å². The summed E-state index contributed by atoms with van der Waals surface area (Å²) in [4.78, 5) is 11.7. The highest BCUT2D eigenvalue weighted by atomic mass is 35.5. The predicted octanol–water partition coefficient (Wildman–Crippen LogP) is 2.05. The number of carbonyl (C=O) groups excluding carboxylic acids is 1. The number of hydrogen-bond donors (Lipinski definition) is 2. The molecule has 0 aliphatic carbocycles. The van der Waals surface area contributed by atoms with Crippen LogP contribution in [0.2, 0.25) is 5.02 Å². The van der Waals surface area contributed by atoms with Crippen LogP contribution in [0.5, 0.6) is 11.5 Å². The van der Waals surface area contributed by atoms with E-state index < -0.39 is 0 Å². The third-order valence-corrected chi connectivity index (χ3v) is 3.05. The number of nitrogens with one attached hydrogen (secondary N) is 2. The van der Waals surface area contributed by atoms with Gasteiger partial charge in [0.2, 0.25) is 5.91 Å². The number of fused-ring (bicyclic) bond motifs is 1. The summed E-state index contributed by atoms with van der Waals surface area (Å²) in [6.07, 6.45) is 1.23. The number of rotatable bonds is 5. The van der Waals surface area contributed by atoms with Crippen LogP contribution in [-0.2, 0) is 4.79 Å². The van der Waals surface area contributed by atoms with E-state index in [1.807, 2.05) is 7.05 Å². The Balaban J connectivity index is 2.01. The van der Waals surface area contributed by atoms with Gasteiger partial charge in [-0.3, -0.25) is 4.79 Å². The number of benzene rings is 1. The van der Waals surface area contributed by atoms with Gasteiger partial charge < -0.3 is 20.1 Å². The summed E-state index contributed by atoms with van der Waals surface area (Å²) >= 11 is 6.10. The zero-order valence-electron chi connectivity index (χ0n) is 10.8. The van der Waals surface area contributed by atoms with Crippen LogP contribution in [0.1, 0.15) is 12.8 Å². The average Bonchev–Trinajstić information content (AvgIpc) is 2.40. The monoisotopic (exact) mass is 284 g/mol. The van der Waals surface area contributed by atoms with Gasteiger partial charge in [0, 0.05) is 18.6 Å². The number of anilines is 1. The van der Waals surface area contributed by atoms with Crippen LogP contribution in [0, 0.1) is 0 Å². The van der Waals surface area contributed by atoms with Gasteiger partial charge in [-0.2, -0.15) is 0 Å². The minimum Gasteiger partial charge on any atom is -0.486 e. The maximum atomic E-state index is 11.7. The van der Waals surface area contributed by atoms with Gasteiger partial charge in [-0.15, -0.1) is 0 Å². The molecule has 0 fully saturated rings. The van der Waals surface area contributed by atoms with Crippen LogP contribution in [0.15, 0.2) is 12.1 Å². The fourth-order valence-corrected chi connectivity index (χ4v) is 2.00. The Morgan fingerprint density at radius 2 is 2.00 bits per heavy atom. The predicted molar refractivity (Wildman–Crippen MR) is 74.2 cm³/mol. The second kappa shape index (κ2) is 6.63. The molecule has 0 aromatic heterocycles. The summed E-state index contributed by atoms with van der Waals surface area (Å²) in [6.45, 7) is 1.82. The highest BCUT2D eigenvalue weighted by Gasteiger charge is 2.16. The second-order valence-electron chi connectivity index (χ2n) is 4.23. The minimum atomic E-state index is -0.0613. The van der Waals surface area contributed by atoms with Crippen molar-refractivity contribution in [2.45, 2.75) is 12.8 Å². The molecule has 1 aromatic rings. The zero-order valence-corrected chi connectivity index (χ0v) is 11.5. The molecular formula is C13H17ClN2O3. The largest absolute Gasteiger partial charge is 0.486 e. The Labute approximate surface area is 117 Å². The molecule has 104 valence electrons. The number of ether oxygens (including phenoxy) is 2. The van der Waals surface area contributed by atoms with Gasteiger partial charge in [0.25, 0.3) is 0 Å². The van der Waals surface area contributed by atoms with E-state index in [1.165, 1.54) is 0 Å². The number of amides is 1. The van der Waals surface area contributed by atoms with Crippen molar-refractivity contribution in [3.05, 3.63) is 17.2 Å². The van der Waals surface area contributed by atoms with E-state index in [4.69, 9.17) is 21.1 Å². The van der Waals surface area contributed by atoms with Crippen LogP contribution >= 0.6 is 11.6 Å². The first-order valence-electron chi connectivity index (χ1n) is 6.24. The molecule has 2 N–H and O–H groups in total. The number of carbonyl (C=O) groups is 1. The van der Waals surface area contributed by atoms with E-state index >= 15 is 0 Å². The summed E-state index contributed by atoms with van der Waals surface area (Å²) in [5.74, 6) is 1.17. The van der Waals surface area contributed by atoms with Crippen molar-refractivity contribution in [1.82, 2.24) is 5.32 Å². The molecule has 0 saturated heterocycles. The maximum absolute atomic E-state index is 11.7. The Kier molecular flexibility index (Phi) is 4.87. The molecule has 6 heteroatoms. The molecule has 1 aliphatic heterocycles. The molecule has 1 aliphatic rings. The molecule has 0 spiro atoms. The van der Waals surface area contributed by atoms with E-state index in [2.05, 4.69) is 10.6 Å². The van der Waals surface area contributed by atoms with Crippen LogP contribution in [0.3, 0.4) is 0 Å². The minimum absolute atomic E-state index is 0.0613. The van der Waals surface area contributed by atoms with Gasteiger partial charge >= 0.3 is 0 Å². The summed E-state index contributed by atoms with van der Waals surface area (Å²) in [5, 5.41) is 6.23. The Bertz CT molecular complexity index is 465. The Morgan fingerprint density at radius 3 is 2.68 bits per heavy atom. The smallest absolute Gasteiger partial charge is 0.224 e.